The molecule has 0 atom stereocenters. The first-order valence-corrected chi connectivity index (χ1v) is 13.2. The molecule has 1 aliphatic heterocycles. The Hall–Kier alpha value is -3.17. The number of carbonyl (C=O) groups excluding carboxylic acids is 1. The summed E-state index contributed by atoms with van der Waals surface area (Å²) in [6.07, 6.45) is 8.64. The number of unbranched alkanes of at least 4 members (excludes halogenated alkanes) is 4. The third kappa shape index (κ3) is 5.47. The third-order valence-corrected chi connectivity index (χ3v) is 7.34. The van der Waals surface area contributed by atoms with Crippen LogP contribution in [0.2, 0.25) is 0 Å². The van der Waals surface area contributed by atoms with Crippen molar-refractivity contribution >= 4 is 45.9 Å². The predicted octanol–water partition coefficient (Wildman–Crippen LogP) is 5.98. The minimum Gasteiger partial charge on any atom is -0.493 e. The Balaban J connectivity index is 1.73. The molecule has 188 valence electrons. The Morgan fingerprint density at radius 3 is 2.56 bits per heavy atom. The van der Waals surface area contributed by atoms with Gasteiger partial charge in [-0.2, -0.15) is 4.98 Å². The van der Waals surface area contributed by atoms with Gasteiger partial charge < -0.3 is 9.47 Å². The van der Waals surface area contributed by atoms with Crippen LogP contribution in [-0.2, 0) is 4.79 Å². The fourth-order valence-corrected chi connectivity index (χ4v) is 5.29. The number of rotatable bonds is 10. The number of methoxy groups -OCH3 is 1. The van der Waals surface area contributed by atoms with E-state index in [4.69, 9.17) is 21.7 Å². The van der Waals surface area contributed by atoms with E-state index in [2.05, 4.69) is 11.9 Å². The molecule has 1 fully saturated rings. The van der Waals surface area contributed by atoms with Gasteiger partial charge in [0.25, 0.3) is 11.5 Å². The quantitative estimate of drug-likeness (QED) is 0.184. The number of benzene rings is 1. The van der Waals surface area contributed by atoms with Gasteiger partial charge in [0.1, 0.15) is 15.5 Å². The number of aryl methyl sites for hydroxylation is 1. The van der Waals surface area contributed by atoms with Crippen molar-refractivity contribution in [2.45, 2.75) is 46.0 Å². The summed E-state index contributed by atoms with van der Waals surface area (Å²) < 4.78 is 13.5. The SMILES string of the molecule is CCCCCCCN1C(=O)/C(=C\c2c(Oc3ccccc3OC)nc3c(C)cccn3c2=O)SC1=S. The smallest absolute Gasteiger partial charge is 0.269 e. The lowest BCUT2D eigenvalue weighted by Crippen LogP contribution is -2.29. The number of thioether (sulfide) groups is 1. The van der Waals surface area contributed by atoms with E-state index < -0.39 is 0 Å². The second kappa shape index (κ2) is 11.7. The first kappa shape index (κ1) is 25.9. The molecule has 3 heterocycles. The van der Waals surface area contributed by atoms with Gasteiger partial charge in [0.05, 0.1) is 12.0 Å². The van der Waals surface area contributed by atoms with Crippen molar-refractivity contribution in [2.24, 2.45) is 0 Å². The topological polar surface area (TPSA) is 73.1 Å². The van der Waals surface area contributed by atoms with E-state index in [1.165, 1.54) is 22.6 Å². The molecule has 1 amide bonds. The van der Waals surface area contributed by atoms with Crippen LogP contribution in [0.25, 0.3) is 11.7 Å². The maximum atomic E-state index is 13.6. The number of pyridine rings is 1. The molecule has 0 radical (unpaired) electrons. The predicted molar refractivity (Wildman–Crippen MR) is 148 cm³/mol. The number of nitrogens with zero attached hydrogens (tertiary/aromatic N) is 3. The molecule has 9 heteroatoms. The standard InChI is InChI=1S/C27H29N3O4S2/c1-4-5-6-7-10-15-30-26(32)22(36-27(30)35)17-19-24(34-21-14-9-8-13-20(21)33-3)28-23-18(2)12-11-16-29(23)25(19)31/h8-9,11-14,16-17H,4-7,10,15H2,1-3H3/b22-17+. The maximum absolute atomic E-state index is 13.6. The Labute approximate surface area is 220 Å². The van der Waals surface area contributed by atoms with Gasteiger partial charge in [0, 0.05) is 12.7 Å². The van der Waals surface area contributed by atoms with Gasteiger partial charge in [-0.15, -0.1) is 0 Å². The van der Waals surface area contributed by atoms with E-state index in [-0.39, 0.29) is 22.9 Å². The van der Waals surface area contributed by atoms with Crippen LogP contribution in [0.1, 0.15) is 50.2 Å². The average Bonchev–Trinajstić information content (AvgIpc) is 3.14. The van der Waals surface area contributed by atoms with E-state index in [0.717, 1.165) is 31.2 Å². The number of ether oxygens (including phenoxy) is 2. The van der Waals surface area contributed by atoms with Gasteiger partial charge in [0.15, 0.2) is 11.5 Å². The lowest BCUT2D eigenvalue weighted by atomic mass is 10.1. The van der Waals surface area contributed by atoms with Crippen molar-refractivity contribution in [3.63, 3.8) is 0 Å². The molecule has 4 rings (SSSR count). The first-order valence-electron chi connectivity index (χ1n) is 12.0. The Morgan fingerprint density at radius 1 is 1.06 bits per heavy atom. The number of hydrogen-bond acceptors (Lipinski definition) is 7. The second-order valence-electron chi connectivity index (χ2n) is 8.52. The van der Waals surface area contributed by atoms with Crippen molar-refractivity contribution in [3.05, 3.63) is 69.0 Å². The average molecular weight is 524 g/mol. The molecule has 7 nitrogen and oxygen atoms in total. The molecule has 0 saturated carbocycles. The van der Waals surface area contributed by atoms with Gasteiger partial charge in [-0.1, -0.05) is 74.8 Å². The number of para-hydroxylation sites is 2. The molecule has 0 spiro atoms. The summed E-state index contributed by atoms with van der Waals surface area (Å²) in [6, 6.07) is 10.8. The highest BCUT2D eigenvalue weighted by Crippen LogP contribution is 2.36. The molecular formula is C27H29N3O4S2. The molecule has 36 heavy (non-hydrogen) atoms. The van der Waals surface area contributed by atoms with Crippen LogP contribution in [-0.4, -0.2) is 38.2 Å². The number of thiocarbonyl (C=S) groups is 1. The van der Waals surface area contributed by atoms with Crippen LogP contribution < -0.4 is 15.0 Å². The van der Waals surface area contributed by atoms with Crippen LogP contribution >= 0.6 is 24.0 Å². The normalized spacial score (nSPS) is 14.8. The van der Waals surface area contributed by atoms with E-state index >= 15 is 0 Å². The summed E-state index contributed by atoms with van der Waals surface area (Å²) in [5.41, 5.74) is 1.13. The van der Waals surface area contributed by atoms with Crippen molar-refractivity contribution in [1.82, 2.24) is 14.3 Å². The highest BCUT2D eigenvalue weighted by molar-refractivity contribution is 8.26. The van der Waals surface area contributed by atoms with Crippen LogP contribution in [0, 0.1) is 6.92 Å². The van der Waals surface area contributed by atoms with E-state index in [0.29, 0.717) is 32.9 Å². The van der Waals surface area contributed by atoms with Gasteiger partial charge >= 0.3 is 0 Å². The third-order valence-electron chi connectivity index (χ3n) is 5.96. The molecule has 1 aromatic carbocycles. The molecule has 0 N–H and O–H groups in total. The summed E-state index contributed by atoms with van der Waals surface area (Å²) in [6.45, 7) is 4.62. The summed E-state index contributed by atoms with van der Waals surface area (Å²) in [7, 11) is 1.55. The lowest BCUT2D eigenvalue weighted by molar-refractivity contribution is -0.122. The molecule has 3 aromatic rings. The second-order valence-corrected chi connectivity index (χ2v) is 10.2. The number of carbonyl (C=O) groups is 1. The molecule has 0 aliphatic carbocycles. The number of hydrogen-bond donors (Lipinski definition) is 0. The molecule has 2 aromatic heterocycles. The zero-order valence-corrected chi connectivity index (χ0v) is 22.3. The monoisotopic (exact) mass is 523 g/mol. The Morgan fingerprint density at radius 2 is 1.81 bits per heavy atom. The minimum atomic E-state index is -0.335. The van der Waals surface area contributed by atoms with Gasteiger partial charge in [-0.25, -0.2) is 0 Å². The molecule has 1 saturated heterocycles. The van der Waals surface area contributed by atoms with Crippen LogP contribution in [0.15, 0.2) is 52.3 Å². The largest absolute Gasteiger partial charge is 0.493 e. The zero-order valence-electron chi connectivity index (χ0n) is 20.7. The number of amides is 1. The summed E-state index contributed by atoms with van der Waals surface area (Å²) >= 11 is 6.69. The molecular weight excluding hydrogens is 494 g/mol. The van der Waals surface area contributed by atoms with Crippen molar-refractivity contribution < 1.29 is 14.3 Å². The summed E-state index contributed by atoms with van der Waals surface area (Å²) in [4.78, 5) is 33.4. The molecule has 1 aliphatic rings. The van der Waals surface area contributed by atoms with Crippen molar-refractivity contribution in [2.75, 3.05) is 13.7 Å². The summed E-state index contributed by atoms with van der Waals surface area (Å²) in [5.74, 6) is 0.824. The maximum Gasteiger partial charge on any atom is 0.269 e. The van der Waals surface area contributed by atoms with E-state index in [1.54, 1.807) is 42.5 Å². The van der Waals surface area contributed by atoms with E-state index in [9.17, 15) is 9.59 Å². The Bertz CT molecular complexity index is 1380. The fourth-order valence-electron chi connectivity index (χ4n) is 4.00. The Kier molecular flexibility index (Phi) is 8.43. The first-order chi connectivity index (χ1) is 17.4. The summed E-state index contributed by atoms with van der Waals surface area (Å²) in [5, 5.41) is 0. The van der Waals surface area contributed by atoms with Crippen molar-refractivity contribution in [1.29, 1.82) is 0 Å². The highest BCUT2D eigenvalue weighted by Gasteiger charge is 2.32. The van der Waals surface area contributed by atoms with Gasteiger partial charge in [0.2, 0.25) is 5.88 Å². The number of fused-ring (bicyclic) bond motifs is 1. The van der Waals surface area contributed by atoms with Crippen LogP contribution in [0.3, 0.4) is 0 Å². The van der Waals surface area contributed by atoms with Gasteiger partial charge in [-0.05, 0) is 43.2 Å². The lowest BCUT2D eigenvalue weighted by Gasteiger charge is -2.14. The van der Waals surface area contributed by atoms with E-state index in [1.807, 2.05) is 25.1 Å². The highest BCUT2D eigenvalue weighted by atomic mass is 32.2. The zero-order chi connectivity index (χ0) is 25.7. The molecule has 0 bridgehead atoms. The van der Waals surface area contributed by atoms with Crippen LogP contribution in [0.4, 0.5) is 0 Å². The number of aromatic nitrogens is 2. The van der Waals surface area contributed by atoms with Gasteiger partial charge in [-0.3, -0.25) is 18.9 Å². The van der Waals surface area contributed by atoms with Crippen molar-refractivity contribution in [3.8, 4) is 17.4 Å². The minimum absolute atomic E-state index is 0.101. The fraction of sp³-hybridized carbons (Fsp3) is 0.333. The molecule has 0 unspecified atom stereocenters. The van der Waals surface area contributed by atoms with Crippen LogP contribution in [0.5, 0.6) is 17.4 Å².